The van der Waals surface area contributed by atoms with E-state index in [1.54, 1.807) is 12.1 Å². The molecule has 1 heterocycles. The first-order valence-electron chi connectivity index (χ1n) is 4.79. The lowest BCUT2D eigenvalue weighted by Gasteiger charge is -2.09. The van der Waals surface area contributed by atoms with Gasteiger partial charge in [0.15, 0.2) is 6.61 Å². The summed E-state index contributed by atoms with van der Waals surface area (Å²) in [5.41, 5.74) is 6.58. The molecule has 0 saturated heterocycles. The number of nitrogens with zero attached hydrogens (tertiary/aromatic N) is 1. The molecule has 0 aliphatic carbocycles. The summed E-state index contributed by atoms with van der Waals surface area (Å²) in [6.45, 7) is -1.31. The second-order valence-electron chi connectivity index (χ2n) is 3.53. The van der Waals surface area contributed by atoms with Crippen LogP contribution in [0.5, 0.6) is 5.75 Å². The van der Waals surface area contributed by atoms with E-state index in [1.807, 2.05) is 0 Å². The fraction of sp³-hybridized carbons (Fsp3) is 0.182. The number of nitrogen functional groups attached to an aromatic ring is 1. The van der Waals surface area contributed by atoms with Crippen molar-refractivity contribution in [1.29, 1.82) is 0 Å². The zero-order chi connectivity index (χ0) is 12.5. The van der Waals surface area contributed by atoms with E-state index in [0.717, 1.165) is 5.39 Å². The number of rotatable bonds is 2. The van der Waals surface area contributed by atoms with E-state index >= 15 is 0 Å². The molecule has 0 aliphatic rings. The predicted molar refractivity (Wildman–Crippen MR) is 57.7 cm³/mol. The lowest BCUT2D eigenvalue weighted by Crippen LogP contribution is -2.19. The van der Waals surface area contributed by atoms with Crippen LogP contribution in [-0.2, 0) is 0 Å². The van der Waals surface area contributed by atoms with E-state index < -0.39 is 12.8 Å². The fourth-order valence-electron chi connectivity index (χ4n) is 1.37. The van der Waals surface area contributed by atoms with Crippen LogP contribution < -0.4 is 10.5 Å². The molecule has 0 radical (unpaired) electrons. The summed E-state index contributed by atoms with van der Waals surface area (Å²) in [7, 11) is 0. The van der Waals surface area contributed by atoms with Crippen LogP contribution in [0.2, 0.25) is 0 Å². The van der Waals surface area contributed by atoms with E-state index in [9.17, 15) is 13.2 Å². The highest BCUT2D eigenvalue weighted by Gasteiger charge is 2.28. The number of ether oxygens (including phenoxy) is 1. The standard InChI is InChI=1S/C11H9F3N2O/c12-11(13,14)6-17-9-2-1-7-3-8(15)5-16-10(7)4-9/h1-5H,6,15H2. The first-order chi connectivity index (χ1) is 7.94. The third kappa shape index (κ3) is 2.99. The quantitative estimate of drug-likeness (QED) is 0.880. The molecule has 0 fully saturated rings. The van der Waals surface area contributed by atoms with Crippen molar-refractivity contribution in [2.24, 2.45) is 0 Å². The van der Waals surface area contributed by atoms with Gasteiger partial charge < -0.3 is 10.5 Å². The average Bonchev–Trinajstić information content (AvgIpc) is 2.25. The van der Waals surface area contributed by atoms with Crippen molar-refractivity contribution in [1.82, 2.24) is 4.98 Å². The minimum Gasteiger partial charge on any atom is -0.484 e. The van der Waals surface area contributed by atoms with E-state index in [4.69, 9.17) is 5.73 Å². The van der Waals surface area contributed by atoms with Gasteiger partial charge in [-0.2, -0.15) is 13.2 Å². The number of nitrogens with two attached hydrogens (primary N) is 1. The molecular formula is C11H9F3N2O. The maximum absolute atomic E-state index is 12.0. The van der Waals surface area contributed by atoms with Crippen LogP contribution in [0.25, 0.3) is 10.9 Å². The molecule has 0 saturated carbocycles. The Morgan fingerprint density at radius 1 is 1.24 bits per heavy atom. The van der Waals surface area contributed by atoms with Crippen LogP contribution in [0, 0.1) is 0 Å². The van der Waals surface area contributed by atoms with E-state index in [2.05, 4.69) is 9.72 Å². The van der Waals surface area contributed by atoms with E-state index in [0.29, 0.717) is 11.2 Å². The number of anilines is 1. The van der Waals surface area contributed by atoms with Crippen molar-refractivity contribution in [3.05, 3.63) is 30.5 Å². The molecule has 0 amide bonds. The van der Waals surface area contributed by atoms with Gasteiger partial charge in [-0.25, -0.2) is 0 Å². The van der Waals surface area contributed by atoms with Crippen LogP contribution in [0.4, 0.5) is 18.9 Å². The highest BCUT2D eigenvalue weighted by molar-refractivity contribution is 5.82. The number of halogens is 3. The van der Waals surface area contributed by atoms with Crippen LogP contribution in [0.1, 0.15) is 0 Å². The Balaban J connectivity index is 2.23. The Kier molecular flexibility index (Phi) is 2.79. The van der Waals surface area contributed by atoms with Gasteiger partial charge >= 0.3 is 6.18 Å². The zero-order valence-electron chi connectivity index (χ0n) is 8.66. The van der Waals surface area contributed by atoms with Crippen LogP contribution in [0.15, 0.2) is 30.5 Å². The molecule has 0 bridgehead atoms. The predicted octanol–water partition coefficient (Wildman–Crippen LogP) is 2.76. The van der Waals surface area contributed by atoms with Crippen LogP contribution >= 0.6 is 0 Å². The van der Waals surface area contributed by atoms with Crippen LogP contribution in [-0.4, -0.2) is 17.8 Å². The Morgan fingerprint density at radius 3 is 2.71 bits per heavy atom. The van der Waals surface area contributed by atoms with Gasteiger partial charge in [0, 0.05) is 11.5 Å². The maximum Gasteiger partial charge on any atom is 0.422 e. The number of alkyl halides is 3. The molecule has 2 aromatic rings. The number of fused-ring (bicyclic) bond motifs is 1. The molecule has 3 nitrogen and oxygen atoms in total. The zero-order valence-corrected chi connectivity index (χ0v) is 8.66. The second-order valence-corrected chi connectivity index (χ2v) is 3.53. The molecule has 90 valence electrons. The van der Waals surface area contributed by atoms with Crippen molar-refractivity contribution in [3.63, 3.8) is 0 Å². The molecule has 0 unspecified atom stereocenters. The fourth-order valence-corrected chi connectivity index (χ4v) is 1.37. The first-order valence-corrected chi connectivity index (χ1v) is 4.79. The number of hydrogen-bond acceptors (Lipinski definition) is 3. The van der Waals surface area contributed by atoms with E-state index in [1.165, 1.54) is 18.3 Å². The molecular weight excluding hydrogens is 233 g/mol. The lowest BCUT2D eigenvalue weighted by atomic mass is 10.2. The highest BCUT2D eigenvalue weighted by atomic mass is 19.4. The minimum atomic E-state index is -4.34. The summed E-state index contributed by atoms with van der Waals surface area (Å²) in [4.78, 5) is 4.00. The van der Waals surface area contributed by atoms with Gasteiger partial charge in [0.1, 0.15) is 5.75 Å². The Labute approximate surface area is 95.0 Å². The number of pyridine rings is 1. The van der Waals surface area contributed by atoms with E-state index in [-0.39, 0.29) is 5.75 Å². The molecule has 1 aromatic heterocycles. The van der Waals surface area contributed by atoms with Crippen molar-refractivity contribution in [2.45, 2.75) is 6.18 Å². The minimum absolute atomic E-state index is 0.132. The first kappa shape index (κ1) is 11.5. The number of benzene rings is 1. The summed E-state index contributed by atoms with van der Waals surface area (Å²) < 4.78 is 40.5. The van der Waals surface area contributed by atoms with Gasteiger partial charge in [-0.15, -0.1) is 0 Å². The Morgan fingerprint density at radius 2 is 2.00 bits per heavy atom. The summed E-state index contributed by atoms with van der Waals surface area (Å²) in [5.74, 6) is 0.132. The monoisotopic (exact) mass is 242 g/mol. The molecule has 2 rings (SSSR count). The summed E-state index contributed by atoms with van der Waals surface area (Å²) >= 11 is 0. The molecule has 17 heavy (non-hydrogen) atoms. The molecule has 1 aromatic carbocycles. The molecule has 0 atom stereocenters. The van der Waals surface area contributed by atoms with Gasteiger partial charge in [-0.3, -0.25) is 4.98 Å². The van der Waals surface area contributed by atoms with Gasteiger partial charge in [0.05, 0.1) is 17.4 Å². The normalized spacial score (nSPS) is 11.7. The molecule has 2 N–H and O–H groups in total. The van der Waals surface area contributed by atoms with Gasteiger partial charge in [0.25, 0.3) is 0 Å². The molecule has 0 aliphatic heterocycles. The van der Waals surface area contributed by atoms with Crippen molar-refractivity contribution in [2.75, 3.05) is 12.3 Å². The Hall–Kier alpha value is -1.98. The van der Waals surface area contributed by atoms with Crippen LogP contribution in [0.3, 0.4) is 0 Å². The maximum atomic E-state index is 12.0. The van der Waals surface area contributed by atoms with Gasteiger partial charge in [0.2, 0.25) is 0 Å². The summed E-state index contributed by atoms with van der Waals surface area (Å²) in [6, 6.07) is 6.20. The third-order valence-corrected chi connectivity index (χ3v) is 2.08. The highest BCUT2D eigenvalue weighted by Crippen LogP contribution is 2.23. The largest absolute Gasteiger partial charge is 0.484 e. The van der Waals surface area contributed by atoms with Gasteiger partial charge in [-0.05, 0) is 18.2 Å². The SMILES string of the molecule is Nc1cnc2cc(OCC(F)(F)F)ccc2c1. The smallest absolute Gasteiger partial charge is 0.422 e. The lowest BCUT2D eigenvalue weighted by molar-refractivity contribution is -0.153. The average molecular weight is 242 g/mol. The topological polar surface area (TPSA) is 48.1 Å². The second kappa shape index (κ2) is 4.12. The van der Waals surface area contributed by atoms with Crippen molar-refractivity contribution >= 4 is 16.6 Å². The Bertz CT molecular complexity index is 540. The summed E-state index contributed by atoms with van der Waals surface area (Å²) in [5, 5.41) is 0.754. The van der Waals surface area contributed by atoms with Crippen molar-refractivity contribution in [3.8, 4) is 5.75 Å². The summed E-state index contributed by atoms with van der Waals surface area (Å²) in [6.07, 6.45) is -2.90. The van der Waals surface area contributed by atoms with Gasteiger partial charge in [-0.1, -0.05) is 0 Å². The number of aromatic nitrogens is 1. The third-order valence-electron chi connectivity index (χ3n) is 2.08. The number of hydrogen-bond donors (Lipinski definition) is 1. The van der Waals surface area contributed by atoms with Crippen molar-refractivity contribution < 1.29 is 17.9 Å². The molecule has 6 heteroatoms. The molecule has 0 spiro atoms.